The van der Waals surface area contributed by atoms with E-state index in [2.05, 4.69) is 17.3 Å². The van der Waals surface area contributed by atoms with Gasteiger partial charge in [-0.1, -0.05) is 0 Å². The predicted molar refractivity (Wildman–Crippen MR) is 68.9 cm³/mol. The van der Waals surface area contributed by atoms with Gasteiger partial charge in [-0.3, -0.25) is 4.79 Å². The van der Waals surface area contributed by atoms with Crippen molar-refractivity contribution >= 4 is 5.91 Å². The Hall–Kier alpha value is -0.610. The number of nitrogens with zero attached hydrogens (tertiary/aromatic N) is 1. The summed E-state index contributed by atoms with van der Waals surface area (Å²) in [5, 5.41) is 3.00. The van der Waals surface area contributed by atoms with Crippen molar-refractivity contribution in [3.63, 3.8) is 0 Å². The minimum Gasteiger partial charge on any atom is -0.379 e. The summed E-state index contributed by atoms with van der Waals surface area (Å²) >= 11 is 0. The lowest BCUT2D eigenvalue weighted by Gasteiger charge is -2.28. The van der Waals surface area contributed by atoms with Crippen LogP contribution in [0.4, 0.5) is 0 Å². The van der Waals surface area contributed by atoms with E-state index in [0.717, 1.165) is 45.5 Å². The number of ether oxygens (including phenoxy) is 1. The number of rotatable bonds is 6. The van der Waals surface area contributed by atoms with Crippen LogP contribution in [-0.2, 0) is 9.53 Å². The van der Waals surface area contributed by atoms with Crippen molar-refractivity contribution in [2.24, 2.45) is 5.92 Å². The van der Waals surface area contributed by atoms with E-state index >= 15 is 0 Å². The lowest BCUT2D eigenvalue weighted by Crippen LogP contribution is -2.41. The van der Waals surface area contributed by atoms with E-state index in [-0.39, 0.29) is 17.9 Å². The molecule has 1 fully saturated rings. The topological polar surface area (TPSA) is 41.6 Å². The Bertz CT molecular complexity index is 231. The zero-order valence-electron chi connectivity index (χ0n) is 11.4. The number of carbonyl (C=O) groups excluding carboxylic acids is 1. The van der Waals surface area contributed by atoms with Gasteiger partial charge in [-0.15, -0.1) is 0 Å². The second kappa shape index (κ2) is 7.67. The van der Waals surface area contributed by atoms with Crippen LogP contribution >= 0.6 is 0 Å². The average molecular weight is 242 g/mol. The molecule has 0 saturated carbocycles. The molecule has 0 aromatic carbocycles. The monoisotopic (exact) mass is 242 g/mol. The third-order valence-electron chi connectivity index (χ3n) is 3.07. The van der Waals surface area contributed by atoms with Gasteiger partial charge in [0.2, 0.25) is 5.91 Å². The van der Waals surface area contributed by atoms with E-state index in [1.54, 1.807) is 0 Å². The minimum absolute atomic E-state index is 0.180. The Morgan fingerprint density at radius 3 is 2.94 bits per heavy atom. The first-order chi connectivity index (χ1) is 8.09. The number of likely N-dealkylation sites (tertiary alicyclic amines) is 1. The van der Waals surface area contributed by atoms with E-state index in [9.17, 15) is 4.79 Å². The Kier molecular flexibility index (Phi) is 6.52. The SMILES string of the molecule is CC(C)OCCCNC(=O)[C@@H]1CCCN(C)C1. The zero-order chi connectivity index (χ0) is 12.7. The number of piperidine rings is 1. The van der Waals surface area contributed by atoms with Crippen LogP contribution in [0.1, 0.15) is 33.1 Å². The van der Waals surface area contributed by atoms with E-state index in [1.165, 1.54) is 0 Å². The summed E-state index contributed by atoms with van der Waals surface area (Å²) in [5.74, 6) is 0.390. The summed E-state index contributed by atoms with van der Waals surface area (Å²) in [6.07, 6.45) is 3.33. The molecule has 0 unspecified atom stereocenters. The van der Waals surface area contributed by atoms with Crippen LogP contribution in [0.2, 0.25) is 0 Å². The smallest absolute Gasteiger partial charge is 0.224 e. The largest absolute Gasteiger partial charge is 0.379 e. The molecule has 1 atom stereocenters. The molecule has 100 valence electrons. The molecule has 4 heteroatoms. The maximum atomic E-state index is 11.9. The van der Waals surface area contributed by atoms with Crippen LogP contribution in [0.15, 0.2) is 0 Å². The van der Waals surface area contributed by atoms with Gasteiger partial charge in [-0.05, 0) is 46.7 Å². The Morgan fingerprint density at radius 1 is 1.53 bits per heavy atom. The molecule has 1 amide bonds. The normalized spacial score (nSPS) is 21.8. The summed E-state index contributed by atoms with van der Waals surface area (Å²) in [5.41, 5.74) is 0. The van der Waals surface area contributed by atoms with Crippen LogP contribution < -0.4 is 5.32 Å². The molecule has 0 aliphatic carbocycles. The van der Waals surface area contributed by atoms with Crippen molar-refractivity contribution in [3.05, 3.63) is 0 Å². The Balaban J connectivity index is 2.08. The molecule has 1 aliphatic rings. The van der Waals surface area contributed by atoms with Gasteiger partial charge >= 0.3 is 0 Å². The fraction of sp³-hybridized carbons (Fsp3) is 0.923. The molecule has 0 aromatic rings. The first-order valence-corrected chi connectivity index (χ1v) is 6.67. The lowest BCUT2D eigenvalue weighted by molar-refractivity contribution is -0.126. The molecule has 0 spiro atoms. The first-order valence-electron chi connectivity index (χ1n) is 6.67. The van der Waals surface area contributed by atoms with E-state index < -0.39 is 0 Å². The molecule has 1 N–H and O–H groups in total. The van der Waals surface area contributed by atoms with Crippen LogP contribution in [0.25, 0.3) is 0 Å². The minimum atomic E-state index is 0.180. The third kappa shape index (κ3) is 6.03. The molecular weight excluding hydrogens is 216 g/mol. The van der Waals surface area contributed by atoms with Crippen molar-refractivity contribution in [3.8, 4) is 0 Å². The number of hydrogen-bond acceptors (Lipinski definition) is 3. The first kappa shape index (κ1) is 14.5. The van der Waals surface area contributed by atoms with Gasteiger partial charge in [0.25, 0.3) is 0 Å². The maximum Gasteiger partial charge on any atom is 0.224 e. The van der Waals surface area contributed by atoms with Gasteiger partial charge in [0, 0.05) is 19.7 Å². The van der Waals surface area contributed by atoms with E-state index in [1.807, 2.05) is 13.8 Å². The highest BCUT2D eigenvalue weighted by Crippen LogP contribution is 2.14. The third-order valence-corrected chi connectivity index (χ3v) is 3.07. The molecule has 0 radical (unpaired) electrons. The van der Waals surface area contributed by atoms with Crippen molar-refractivity contribution in [2.45, 2.75) is 39.2 Å². The molecule has 1 saturated heterocycles. The van der Waals surface area contributed by atoms with Gasteiger partial charge in [0.15, 0.2) is 0 Å². The summed E-state index contributed by atoms with van der Waals surface area (Å²) in [7, 11) is 2.08. The van der Waals surface area contributed by atoms with Gasteiger partial charge in [-0.25, -0.2) is 0 Å². The Morgan fingerprint density at radius 2 is 2.29 bits per heavy atom. The van der Waals surface area contributed by atoms with Crippen LogP contribution in [-0.4, -0.2) is 50.2 Å². The standard InChI is InChI=1S/C13H26N2O2/c1-11(2)17-9-5-7-14-13(16)12-6-4-8-15(3)10-12/h11-12H,4-10H2,1-3H3,(H,14,16)/t12-/m1/s1. The van der Waals surface area contributed by atoms with Crippen LogP contribution in [0.5, 0.6) is 0 Å². The summed E-state index contributed by atoms with van der Waals surface area (Å²) < 4.78 is 5.43. The quantitative estimate of drug-likeness (QED) is 0.713. The fourth-order valence-corrected chi connectivity index (χ4v) is 2.13. The van der Waals surface area contributed by atoms with Crippen molar-refractivity contribution in [1.82, 2.24) is 10.2 Å². The molecule has 1 rings (SSSR count). The van der Waals surface area contributed by atoms with E-state index in [0.29, 0.717) is 0 Å². The molecule has 0 bridgehead atoms. The molecule has 1 heterocycles. The summed E-state index contributed by atoms with van der Waals surface area (Å²) in [4.78, 5) is 14.1. The highest BCUT2D eigenvalue weighted by molar-refractivity contribution is 5.78. The molecule has 4 nitrogen and oxygen atoms in total. The number of amides is 1. The molecule has 17 heavy (non-hydrogen) atoms. The zero-order valence-corrected chi connectivity index (χ0v) is 11.4. The van der Waals surface area contributed by atoms with E-state index in [4.69, 9.17) is 4.74 Å². The van der Waals surface area contributed by atoms with Gasteiger partial charge in [-0.2, -0.15) is 0 Å². The summed E-state index contributed by atoms with van der Waals surface area (Å²) in [6, 6.07) is 0. The number of nitrogens with one attached hydrogen (secondary N) is 1. The fourth-order valence-electron chi connectivity index (χ4n) is 2.13. The van der Waals surface area contributed by atoms with Gasteiger partial charge < -0.3 is 15.0 Å². The van der Waals surface area contributed by atoms with Crippen molar-refractivity contribution in [1.29, 1.82) is 0 Å². The average Bonchev–Trinajstić information content (AvgIpc) is 2.28. The molecule has 1 aliphatic heterocycles. The highest BCUT2D eigenvalue weighted by Gasteiger charge is 2.23. The predicted octanol–water partition coefficient (Wildman–Crippen LogP) is 1.26. The van der Waals surface area contributed by atoms with Gasteiger partial charge in [0.05, 0.1) is 12.0 Å². The van der Waals surface area contributed by atoms with Crippen LogP contribution in [0.3, 0.4) is 0 Å². The second-order valence-electron chi connectivity index (χ2n) is 5.17. The van der Waals surface area contributed by atoms with Crippen molar-refractivity contribution in [2.75, 3.05) is 33.3 Å². The lowest BCUT2D eigenvalue weighted by atomic mass is 9.97. The number of carbonyl (C=O) groups is 1. The molecule has 0 aromatic heterocycles. The second-order valence-corrected chi connectivity index (χ2v) is 5.17. The molecular formula is C13H26N2O2. The van der Waals surface area contributed by atoms with Crippen LogP contribution in [0, 0.1) is 5.92 Å². The Labute approximate surface area is 105 Å². The maximum absolute atomic E-state index is 11.9. The highest BCUT2D eigenvalue weighted by atomic mass is 16.5. The van der Waals surface area contributed by atoms with Gasteiger partial charge in [0.1, 0.15) is 0 Å². The number of hydrogen-bond donors (Lipinski definition) is 1. The summed E-state index contributed by atoms with van der Waals surface area (Å²) in [6.45, 7) is 7.52. The van der Waals surface area contributed by atoms with Crippen molar-refractivity contribution < 1.29 is 9.53 Å².